The second kappa shape index (κ2) is 9.20. The van der Waals surface area contributed by atoms with Gasteiger partial charge in [0, 0.05) is 13.1 Å². The third-order valence-electron chi connectivity index (χ3n) is 4.33. The molecule has 5 heteroatoms. The fourth-order valence-electron chi connectivity index (χ4n) is 2.73. The summed E-state index contributed by atoms with van der Waals surface area (Å²) in [7, 11) is 0. The van der Waals surface area contributed by atoms with Gasteiger partial charge >= 0.3 is 6.09 Å². The number of carboxylic acid groups (broad SMARTS) is 1. The van der Waals surface area contributed by atoms with Crippen LogP contribution in [0.5, 0.6) is 0 Å². The van der Waals surface area contributed by atoms with Gasteiger partial charge in [0.1, 0.15) is 0 Å². The molecule has 1 amide bonds. The van der Waals surface area contributed by atoms with E-state index in [0.717, 1.165) is 11.1 Å². The molecule has 0 saturated heterocycles. The lowest BCUT2D eigenvalue weighted by atomic mass is 10.0. The monoisotopic (exact) mass is 342 g/mol. The SMILES string of the molecule is Cc1ccc(CNC[C@H](O)[C@H](Cc2ccccc2)NC(=O)O)cc1C. The van der Waals surface area contributed by atoms with Crippen LogP contribution in [-0.2, 0) is 13.0 Å². The number of hydrogen-bond donors (Lipinski definition) is 4. The highest BCUT2D eigenvalue weighted by atomic mass is 16.4. The van der Waals surface area contributed by atoms with Crippen molar-refractivity contribution in [2.45, 2.75) is 39.0 Å². The lowest BCUT2D eigenvalue weighted by Crippen LogP contribution is -2.48. The molecule has 2 atom stereocenters. The van der Waals surface area contributed by atoms with E-state index in [-0.39, 0.29) is 0 Å². The number of amides is 1. The van der Waals surface area contributed by atoms with E-state index in [1.807, 2.05) is 30.3 Å². The summed E-state index contributed by atoms with van der Waals surface area (Å²) >= 11 is 0. The molecule has 0 aliphatic rings. The average molecular weight is 342 g/mol. The van der Waals surface area contributed by atoms with E-state index < -0.39 is 18.2 Å². The second-order valence-corrected chi connectivity index (χ2v) is 6.36. The molecule has 0 unspecified atom stereocenters. The summed E-state index contributed by atoms with van der Waals surface area (Å²) in [5, 5.41) is 25.1. The molecule has 0 aliphatic heterocycles. The molecular weight excluding hydrogens is 316 g/mol. The van der Waals surface area contributed by atoms with Crippen molar-refractivity contribution in [2.75, 3.05) is 6.54 Å². The molecule has 134 valence electrons. The van der Waals surface area contributed by atoms with Gasteiger partial charge < -0.3 is 20.8 Å². The molecule has 2 aromatic rings. The average Bonchev–Trinajstić information content (AvgIpc) is 2.58. The Morgan fingerprint density at radius 1 is 1.04 bits per heavy atom. The molecule has 0 saturated carbocycles. The first-order chi connectivity index (χ1) is 12.0. The van der Waals surface area contributed by atoms with Crippen molar-refractivity contribution in [3.63, 3.8) is 0 Å². The normalized spacial score (nSPS) is 13.2. The van der Waals surface area contributed by atoms with Gasteiger partial charge in [0.15, 0.2) is 0 Å². The van der Waals surface area contributed by atoms with Crippen molar-refractivity contribution < 1.29 is 15.0 Å². The Bertz CT molecular complexity index is 689. The molecule has 5 nitrogen and oxygen atoms in total. The molecule has 0 aliphatic carbocycles. The number of benzene rings is 2. The first-order valence-corrected chi connectivity index (χ1v) is 8.44. The Morgan fingerprint density at radius 2 is 1.76 bits per heavy atom. The number of hydrogen-bond acceptors (Lipinski definition) is 3. The van der Waals surface area contributed by atoms with Gasteiger partial charge in [-0.3, -0.25) is 0 Å². The van der Waals surface area contributed by atoms with E-state index in [1.54, 1.807) is 0 Å². The summed E-state index contributed by atoms with van der Waals surface area (Å²) in [5.74, 6) is 0. The number of carbonyl (C=O) groups is 1. The minimum absolute atomic E-state index is 0.310. The molecular formula is C20H26N2O3. The van der Waals surface area contributed by atoms with Crippen LogP contribution >= 0.6 is 0 Å². The van der Waals surface area contributed by atoms with E-state index >= 15 is 0 Å². The van der Waals surface area contributed by atoms with E-state index in [4.69, 9.17) is 5.11 Å². The molecule has 4 N–H and O–H groups in total. The maximum atomic E-state index is 11.0. The predicted octanol–water partition coefficient (Wildman–Crippen LogP) is 2.63. The van der Waals surface area contributed by atoms with Gasteiger partial charge in [-0.25, -0.2) is 4.79 Å². The van der Waals surface area contributed by atoms with Crippen LogP contribution in [0.4, 0.5) is 4.79 Å². The Morgan fingerprint density at radius 3 is 2.40 bits per heavy atom. The van der Waals surface area contributed by atoms with Crippen LogP contribution in [0.2, 0.25) is 0 Å². The number of rotatable bonds is 8. The van der Waals surface area contributed by atoms with Crippen molar-refractivity contribution in [1.29, 1.82) is 0 Å². The number of aryl methyl sites for hydroxylation is 2. The van der Waals surface area contributed by atoms with Crippen molar-refractivity contribution in [1.82, 2.24) is 10.6 Å². The Hall–Kier alpha value is -2.37. The minimum Gasteiger partial charge on any atom is -0.465 e. The molecule has 0 bridgehead atoms. The Labute approximate surface area is 148 Å². The van der Waals surface area contributed by atoms with Gasteiger partial charge in [0.05, 0.1) is 12.1 Å². The lowest BCUT2D eigenvalue weighted by molar-refractivity contribution is 0.117. The zero-order valence-electron chi connectivity index (χ0n) is 14.7. The highest BCUT2D eigenvalue weighted by Gasteiger charge is 2.21. The summed E-state index contributed by atoms with van der Waals surface area (Å²) in [6.45, 7) is 5.08. The molecule has 0 aromatic heterocycles. The molecule has 25 heavy (non-hydrogen) atoms. The minimum atomic E-state index is -1.13. The van der Waals surface area contributed by atoms with Crippen LogP contribution in [-0.4, -0.2) is 35.0 Å². The lowest BCUT2D eigenvalue weighted by Gasteiger charge is -2.23. The highest BCUT2D eigenvalue weighted by Crippen LogP contribution is 2.10. The Kier molecular flexibility index (Phi) is 6.98. The quantitative estimate of drug-likeness (QED) is 0.594. The number of aliphatic hydroxyl groups excluding tert-OH is 1. The van der Waals surface area contributed by atoms with Crippen LogP contribution in [0.3, 0.4) is 0 Å². The zero-order valence-corrected chi connectivity index (χ0v) is 14.7. The maximum Gasteiger partial charge on any atom is 0.404 e. The van der Waals surface area contributed by atoms with Crippen molar-refractivity contribution in [3.8, 4) is 0 Å². The van der Waals surface area contributed by atoms with Gasteiger partial charge in [0.25, 0.3) is 0 Å². The first kappa shape index (κ1) is 19.0. The van der Waals surface area contributed by atoms with Crippen molar-refractivity contribution in [3.05, 3.63) is 70.8 Å². The summed E-state index contributed by atoms with van der Waals surface area (Å²) in [6.07, 6.45) is -1.50. The zero-order chi connectivity index (χ0) is 18.2. The van der Waals surface area contributed by atoms with Gasteiger partial charge in [0.2, 0.25) is 0 Å². The van der Waals surface area contributed by atoms with E-state index in [9.17, 15) is 9.90 Å². The fourth-order valence-corrected chi connectivity index (χ4v) is 2.73. The van der Waals surface area contributed by atoms with E-state index in [0.29, 0.717) is 19.5 Å². The third-order valence-corrected chi connectivity index (χ3v) is 4.33. The van der Waals surface area contributed by atoms with E-state index in [2.05, 4.69) is 42.7 Å². The number of nitrogens with one attached hydrogen (secondary N) is 2. The van der Waals surface area contributed by atoms with Gasteiger partial charge in [-0.05, 0) is 42.5 Å². The molecule has 2 aromatic carbocycles. The largest absolute Gasteiger partial charge is 0.465 e. The second-order valence-electron chi connectivity index (χ2n) is 6.36. The molecule has 2 rings (SSSR count). The van der Waals surface area contributed by atoms with Crippen LogP contribution in [0.1, 0.15) is 22.3 Å². The summed E-state index contributed by atoms with van der Waals surface area (Å²) in [4.78, 5) is 11.0. The van der Waals surface area contributed by atoms with Crippen molar-refractivity contribution >= 4 is 6.09 Å². The van der Waals surface area contributed by atoms with Crippen LogP contribution in [0.25, 0.3) is 0 Å². The van der Waals surface area contributed by atoms with Gasteiger partial charge in [-0.2, -0.15) is 0 Å². The van der Waals surface area contributed by atoms with E-state index in [1.165, 1.54) is 11.1 Å². The highest BCUT2D eigenvalue weighted by molar-refractivity contribution is 5.65. The van der Waals surface area contributed by atoms with Crippen molar-refractivity contribution in [2.24, 2.45) is 0 Å². The number of aliphatic hydroxyl groups is 1. The smallest absolute Gasteiger partial charge is 0.404 e. The fraction of sp³-hybridized carbons (Fsp3) is 0.350. The first-order valence-electron chi connectivity index (χ1n) is 8.44. The molecule has 0 spiro atoms. The van der Waals surface area contributed by atoms with Crippen LogP contribution in [0.15, 0.2) is 48.5 Å². The standard InChI is InChI=1S/C20H26N2O3/c1-14-8-9-17(10-15(14)2)12-21-13-19(23)18(22-20(24)25)11-16-6-4-3-5-7-16/h3-10,18-19,21-23H,11-13H2,1-2H3,(H,24,25)/t18-,19-/m0/s1. The molecule has 0 fully saturated rings. The topological polar surface area (TPSA) is 81.6 Å². The Balaban J connectivity index is 1.90. The maximum absolute atomic E-state index is 11.0. The van der Waals surface area contributed by atoms with Gasteiger partial charge in [-0.1, -0.05) is 48.5 Å². The third kappa shape index (κ3) is 6.21. The van der Waals surface area contributed by atoms with Gasteiger partial charge in [-0.15, -0.1) is 0 Å². The van der Waals surface area contributed by atoms with Crippen LogP contribution < -0.4 is 10.6 Å². The summed E-state index contributed by atoms with van der Waals surface area (Å²) in [6, 6.07) is 15.2. The molecule has 0 heterocycles. The summed E-state index contributed by atoms with van der Waals surface area (Å²) in [5.41, 5.74) is 4.60. The summed E-state index contributed by atoms with van der Waals surface area (Å²) < 4.78 is 0. The van der Waals surface area contributed by atoms with Crippen LogP contribution in [0, 0.1) is 13.8 Å². The predicted molar refractivity (Wildman–Crippen MR) is 98.7 cm³/mol. The molecule has 0 radical (unpaired) electrons.